The molecule has 1 heterocycles. The molecule has 5 nitrogen and oxygen atoms in total. The lowest BCUT2D eigenvalue weighted by molar-refractivity contribution is -0.148. The molecule has 1 N–H and O–H groups in total. The minimum absolute atomic E-state index is 0.0598. The number of morpholine rings is 1. The predicted molar refractivity (Wildman–Crippen MR) is 80.7 cm³/mol. The zero-order valence-electron chi connectivity index (χ0n) is 12.7. The molecule has 1 aromatic carbocycles. The zero-order chi connectivity index (χ0) is 15.7. The van der Waals surface area contributed by atoms with Crippen LogP contribution in [-0.2, 0) is 19.7 Å². The number of carboxylic acid groups (broad SMARTS) is 1. The van der Waals surface area contributed by atoms with Gasteiger partial charge in [-0.25, -0.2) is 0 Å². The Morgan fingerprint density at radius 3 is 2.59 bits per heavy atom. The molecule has 1 aliphatic heterocycles. The van der Waals surface area contributed by atoms with Gasteiger partial charge in [-0.05, 0) is 25.3 Å². The van der Waals surface area contributed by atoms with Crippen molar-refractivity contribution in [3.63, 3.8) is 0 Å². The van der Waals surface area contributed by atoms with Crippen molar-refractivity contribution < 1.29 is 19.4 Å². The highest BCUT2D eigenvalue weighted by atomic mass is 16.5. The first-order chi connectivity index (χ1) is 10.5. The summed E-state index contributed by atoms with van der Waals surface area (Å²) in [5.41, 5.74) is 1.77. The molecule has 0 spiro atoms. The van der Waals surface area contributed by atoms with Crippen molar-refractivity contribution in [3.8, 4) is 0 Å². The second-order valence-corrected chi connectivity index (χ2v) is 6.27. The van der Waals surface area contributed by atoms with Gasteiger partial charge in [0.05, 0.1) is 31.1 Å². The number of hydrogen-bond donors (Lipinski definition) is 1. The SMILES string of the molecule is Cc1ccc(C2(C(=O)N3CCOC[C@H]3CC(=O)O)CC2)cc1. The number of nitrogens with zero attached hydrogens (tertiary/aromatic N) is 1. The van der Waals surface area contributed by atoms with Crippen molar-refractivity contribution in [1.29, 1.82) is 0 Å². The summed E-state index contributed by atoms with van der Waals surface area (Å²) in [7, 11) is 0. The quantitative estimate of drug-likeness (QED) is 0.920. The molecule has 1 amide bonds. The van der Waals surface area contributed by atoms with Crippen LogP contribution < -0.4 is 0 Å². The van der Waals surface area contributed by atoms with Crippen LogP contribution in [0, 0.1) is 6.92 Å². The van der Waals surface area contributed by atoms with Crippen LogP contribution in [0.4, 0.5) is 0 Å². The molecule has 1 saturated heterocycles. The van der Waals surface area contributed by atoms with Gasteiger partial charge >= 0.3 is 5.97 Å². The van der Waals surface area contributed by atoms with E-state index in [9.17, 15) is 9.59 Å². The van der Waals surface area contributed by atoms with Crippen molar-refractivity contribution in [1.82, 2.24) is 4.90 Å². The van der Waals surface area contributed by atoms with Gasteiger partial charge in [-0.2, -0.15) is 0 Å². The Morgan fingerprint density at radius 1 is 1.32 bits per heavy atom. The third-order valence-electron chi connectivity index (χ3n) is 4.66. The summed E-state index contributed by atoms with van der Waals surface area (Å²) in [6, 6.07) is 7.73. The molecule has 0 bridgehead atoms. The van der Waals surface area contributed by atoms with Crippen molar-refractivity contribution in [2.24, 2.45) is 0 Å². The summed E-state index contributed by atoms with van der Waals surface area (Å²) in [6.07, 6.45) is 1.62. The number of hydrogen-bond acceptors (Lipinski definition) is 3. The van der Waals surface area contributed by atoms with Crippen LogP contribution in [-0.4, -0.2) is 47.7 Å². The molecule has 1 saturated carbocycles. The molecule has 22 heavy (non-hydrogen) atoms. The van der Waals surface area contributed by atoms with E-state index in [4.69, 9.17) is 9.84 Å². The molecule has 1 aromatic rings. The number of amides is 1. The molecule has 1 aliphatic carbocycles. The van der Waals surface area contributed by atoms with E-state index in [1.807, 2.05) is 31.2 Å². The third-order valence-corrected chi connectivity index (χ3v) is 4.66. The first-order valence-corrected chi connectivity index (χ1v) is 7.71. The van der Waals surface area contributed by atoms with Crippen LogP contribution in [0.2, 0.25) is 0 Å². The van der Waals surface area contributed by atoms with Crippen LogP contribution >= 0.6 is 0 Å². The van der Waals surface area contributed by atoms with E-state index in [1.165, 1.54) is 5.56 Å². The van der Waals surface area contributed by atoms with E-state index in [-0.39, 0.29) is 18.4 Å². The van der Waals surface area contributed by atoms with Gasteiger partial charge in [0.2, 0.25) is 5.91 Å². The number of ether oxygens (including phenoxy) is 1. The molecule has 3 rings (SSSR count). The summed E-state index contributed by atoms with van der Waals surface area (Å²) in [5, 5.41) is 9.04. The zero-order valence-corrected chi connectivity index (χ0v) is 12.7. The highest BCUT2D eigenvalue weighted by Crippen LogP contribution is 2.50. The topological polar surface area (TPSA) is 66.8 Å². The molecule has 0 aromatic heterocycles. The standard InChI is InChI=1S/C17H21NO4/c1-12-2-4-13(5-3-12)17(6-7-17)16(21)18-8-9-22-11-14(18)10-15(19)20/h2-5,14H,6-11H2,1H3,(H,19,20)/t14-/m1/s1. The lowest BCUT2D eigenvalue weighted by atomic mass is 9.92. The number of aliphatic carboxylic acids is 1. The van der Waals surface area contributed by atoms with E-state index in [2.05, 4.69) is 0 Å². The van der Waals surface area contributed by atoms with E-state index in [1.54, 1.807) is 4.90 Å². The maximum absolute atomic E-state index is 13.0. The summed E-state index contributed by atoms with van der Waals surface area (Å²) < 4.78 is 5.36. The first kappa shape index (κ1) is 15.0. The number of benzene rings is 1. The normalized spacial score (nSPS) is 23.1. The summed E-state index contributed by atoms with van der Waals surface area (Å²) in [4.78, 5) is 25.8. The van der Waals surface area contributed by atoms with Crippen molar-refractivity contribution in [2.45, 2.75) is 37.6 Å². The van der Waals surface area contributed by atoms with Gasteiger partial charge in [0.15, 0.2) is 0 Å². The molecular formula is C17H21NO4. The number of rotatable bonds is 4. The highest BCUT2D eigenvalue weighted by molar-refractivity contribution is 5.92. The molecule has 2 fully saturated rings. The summed E-state index contributed by atoms with van der Waals surface area (Å²) >= 11 is 0. The Morgan fingerprint density at radius 2 is 2.00 bits per heavy atom. The fraction of sp³-hybridized carbons (Fsp3) is 0.529. The van der Waals surface area contributed by atoms with Gasteiger partial charge in [0, 0.05) is 6.54 Å². The molecule has 1 atom stereocenters. The van der Waals surface area contributed by atoms with Crippen molar-refractivity contribution >= 4 is 11.9 Å². The fourth-order valence-corrected chi connectivity index (χ4v) is 3.19. The summed E-state index contributed by atoms with van der Waals surface area (Å²) in [6.45, 7) is 3.29. The molecule has 0 unspecified atom stereocenters. The van der Waals surface area contributed by atoms with Crippen LogP contribution in [0.3, 0.4) is 0 Å². The smallest absolute Gasteiger partial charge is 0.305 e. The second-order valence-electron chi connectivity index (χ2n) is 6.27. The number of aryl methyl sites for hydroxylation is 1. The van der Waals surface area contributed by atoms with E-state index >= 15 is 0 Å². The largest absolute Gasteiger partial charge is 0.481 e. The molecule has 118 valence electrons. The van der Waals surface area contributed by atoms with Crippen molar-refractivity contribution in [3.05, 3.63) is 35.4 Å². The average Bonchev–Trinajstić information content (AvgIpc) is 3.29. The number of carbonyl (C=O) groups is 2. The Kier molecular flexibility index (Phi) is 3.91. The minimum Gasteiger partial charge on any atom is -0.481 e. The van der Waals surface area contributed by atoms with Gasteiger partial charge in [-0.1, -0.05) is 29.8 Å². The maximum Gasteiger partial charge on any atom is 0.305 e. The number of carboxylic acids is 1. The van der Waals surface area contributed by atoms with Gasteiger partial charge < -0.3 is 14.7 Å². The van der Waals surface area contributed by atoms with Gasteiger partial charge in [-0.15, -0.1) is 0 Å². The van der Waals surface area contributed by atoms with Crippen LogP contribution in [0.15, 0.2) is 24.3 Å². The first-order valence-electron chi connectivity index (χ1n) is 7.71. The highest BCUT2D eigenvalue weighted by Gasteiger charge is 2.54. The fourth-order valence-electron chi connectivity index (χ4n) is 3.19. The Balaban J connectivity index is 1.82. The molecule has 5 heteroatoms. The minimum atomic E-state index is -0.895. The number of carbonyl (C=O) groups excluding carboxylic acids is 1. The lowest BCUT2D eigenvalue weighted by Crippen LogP contribution is -2.52. The Bertz CT molecular complexity index is 577. The van der Waals surface area contributed by atoms with Crippen LogP contribution in [0.25, 0.3) is 0 Å². The van der Waals surface area contributed by atoms with Crippen LogP contribution in [0.1, 0.15) is 30.4 Å². The molecule has 2 aliphatic rings. The van der Waals surface area contributed by atoms with Gasteiger partial charge in [0.25, 0.3) is 0 Å². The van der Waals surface area contributed by atoms with Crippen molar-refractivity contribution in [2.75, 3.05) is 19.8 Å². The second kappa shape index (κ2) is 5.72. The molecule has 0 radical (unpaired) electrons. The van der Waals surface area contributed by atoms with Gasteiger partial charge in [0.1, 0.15) is 0 Å². The Hall–Kier alpha value is -1.88. The van der Waals surface area contributed by atoms with E-state index < -0.39 is 11.4 Å². The lowest BCUT2D eigenvalue weighted by Gasteiger charge is -2.37. The summed E-state index contributed by atoms with van der Waals surface area (Å²) in [5.74, 6) is -0.834. The molecular weight excluding hydrogens is 282 g/mol. The Labute approximate surface area is 129 Å². The average molecular weight is 303 g/mol. The maximum atomic E-state index is 13.0. The predicted octanol–water partition coefficient (Wildman–Crippen LogP) is 1.73. The van der Waals surface area contributed by atoms with Gasteiger partial charge in [-0.3, -0.25) is 9.59 Å². The third kappa shape index (κ3) is 2.73. The monoisotopic (exact) mass is 303 g/mol. The van der Waals surface area contributed by atoms with Crippen LogP contribution in [0.5, 0.6) is 0 Å². The van der Waals surface area contributed by atoms with E-state index in [0.717, 1.165) is 18.4 Å². The van der Waals surface area contributed by atoms with E-state index in [0.29, 0.717) is 19.8 Å².